The fourth-order valence-electron chi connectivity index (χ4n) is 1.18. The summed E-state index contributed by atoms with van der Waals surface area (Å²) in [4.78, 5) is 12.8. The Morgan fingerprint density at radius 2 is 2.00 bits per heavy atom. The Morgan fingerprint density at radius 1 is 1.55 bits per heavy atom. The molecule has 64 valence electrons. The van der Waals surface area contributed by atoms with Crippen molar-refractivity contribution in [2.75, 3.05) is 20.1 Å². The lowest BCUT2D eigenvalue weighted by Crippen LogP contribution is -2.46. The Labute approximate surface area is 70.9 Å². The van der Waals surface area contributed by atoms with E-state index in [1.165, 1.54) is 0 Å². The molecule has 11 heavy (non-hydrogen) atoms. The SMILES string of the molecule is CN1CCC(O)(C(=O)Cl)CC1. The number of likely N-dealkylation sites (tertiary alicyclic amines) is 1. The van der Waals surface area contributed by atoms with E-state index < -0.39 is 10.8 Å². The highest BCUT2D eigenvalue weighted by Gasteiger charge is 2.37. The lowest BCUT2D eigenvalue weighted by atomic mass is 9.93. The van der Waals surface area contributed by atoms with Gasteiger partial charge in [0, 0.05) is 13.1 Å². The molecular weight excluding hydrogens is 166 g/mol. The van der Waals surface area contributed by atoms with Gasteiger partial charge in [-0.1, -0.05) is 0 Å². The van der Waals surface area contributed by atoms with Gasteiger partial charge in [0.2, 0.25) is 0 Å². The molecule has 0 aliphatic carbocycles. The van der Waals surface area contributed by atoms with Gasteiger partial charge in [-0.15, -0.1) is 0 Å². The summed E-state index contributed by atoms with van der Waals surface area (Å²) < 4.78 is 0. The normalized spacial score (nSPS) is 25.0. The van der Waals surface area contributed by atoms with Crippen LogP contribution in [0.25, 0.3) is 0 Å². The summed E-state index contributed by atoms with van der Waals surface area (Å²) in [6.45, 7) is 1.46. The predicted molar refractivity (Wildman–Crippen MR) is 42.5 cm³/mol. The fourth-order valence-corrected chi connectivity index (χ4v) is 1.37. The van der Waals surface area contributed by atoms with Gasteiger partial charge in [-0.2, -0.15) is 0 Å². The van der Waals surface area contributed by atoms with Crippen molar-refractivity contribution in [2.45, 2.75) is 18.4 Å². The Hall–Kier alpha value is -0.120. The van der Waals surface area contributed by atoms with E-state index in [0.29, 0.717) is 12.8 Å². The average molecular weight is 178 g/mol. The number of carbonyl (C=O) groups is 1. The zero-order valence-electron chi connectivity index (χ0n) is 6.51. The summed E-state index contributed by atoms with van der Waals surface area (Å²) in [6.07, 6.45) is 0.900. The molecule has 1 N–H and O–H groups in total. The molecule has 0 spiro atoms. The van der Waals surface area contributed by atoms with Crippen LogP contribution in [0.15, 0.2) is 0 Å². The quantitative estimate of drug-likeness (QED) is 0.583. The van der Waals surface area contributed by atoms with E-state index in [1.807, 2.05) is 7.05 Å². The zero-order chi connectivity index (χ0) is 8.48. The molecule has 1 aliphatic heterocycles. The maximum Gasteiger partial charge on any atom is 0.253 e. The minimum absolute atomic E-state index is 0.450. The highest BCUT2D eigenvalue weighted by Crippen LogP contribution is 2.23. The molecule has 0 unspecified atom stereocenters. The number of rotatable bonds is 1. The molecule has 0 aromatic heterocycles. The van der Waals surface area contributed by atoms with Crippen LogP contribution >= 0.6 is 11.6 Å². The van der Waals surface area contributed by atoms with Gasteiger partial charge in [0.1, 0.15) is 5.60 Å². The summed E-state index contributed by atoms with van der Waals surface area (Å²) >= 11 is 5.24. The predicted octanol–water partition coefficient (Wildman–Crippen LogP) is 0.208. The third kappa shape index (κ3) is 1.92. The van der Waals surface area contributed by atoms with Crippen LogP contribution in [-0.4, -0.2) is 41.0 Å². The Kier molecular flexibility index (Phi) is 2.52. The number of piperidine rings is 1. The highest BCUT2D eigenvalue weighted by molar-refractivity contribution is 6.65. The minimum atomic E-state index is -1.26. The van der Waals surface area contributed by atoms with Crippen molar-refractivity contribution in [3.63, 3.8) is 0 Å². The van der Waals surface area contributed by atoms with Gasteiger partial charge in [-0.05, 0) is 31.5 Å². The molecule has 1 saturated heterocycles. The molecule has 1 heterocycles. The molecule has 0 atom stereocenters. The van der Waals surface area contributed by atoms with Gasteiger partial charge in [-0.3, -0.25) is 4.79 Å². The second-order valence-electron chi connectivity index (χ2n) is 3.11. The van der Waals surface area contributed by atoms with Crippen molar-refractivity contribution in [3.05, 3.63) is 0 Å². The molecule has 4 heteroatoms. The highest BCUT2D eigenvalue weighted by atomic mass is 35.5. The number of halogens is 1. The van der Waals surface area contributed by atoms with Gasteiger partial charge >= 0.3 is 0 Å². The van der Waals surface area contributed by atoms with E-state index in [9.17, 15) is 9.90 Å². The molecule has 1 rings (SSSR count). The van der Waals surface area contributed by atoms with E-state index >= 15 is 0 Å². The maximum absolute atomic E-state index is 10.7. The molecule has 1 aliphatic rings. The van der Waals surface area contributed by atoms with Crippen molar-refractivity contribution in [3.8, 4) is 0 Å². The number of hydrogen-bond donors (Lipinski definition) is 1. The maximum atomic E-state index is 10.7. The Balaban J connectivity index is 2.55. The van der Waals surface area contributed by atoms with E-state index in [1.54, 1.807) is 0 Å². The third-order valence-corrected chi connectivity index (χ3v) is 2.53. The summed E-state index contributed by atoms with van der Waals surface area (Å²) in [5.41, 5.74) is -1.26. The molecule has 0 saturated carbocycles. The average Bonchev–Trinajstić information content (AvgIpc) is 1.95. The minimum Gasteiger partial charge on any atom is -0.381 e. The standard InChI is InChI=1S/C7H12ClNO2/c1-9-4-2-7(11,3-5-9)6(8)10/h11H,2-5H2,1H3. The van der Waals surface area contributed by atoms with Crippen LogP contribution in [0.4, 0.5) is 0 Å². The molecule has 0 radical (unpaired) electrons. The molecule has 0 aromatic carbocycles. The van der Waals surface area contributed by atoms with Crippen LogP contribution in [0.1, 0.15) is 12.8 Å². The molecule has 1 fully saturated rings. The molecule has 0 amide bonds. The van der Waals surface area contributed by atoms with E-state index in [-0.39, 0.29) is 0 Å². The summed E-state index contributed by atoms with van der Waals surface area (Å²) in [6, 6.07) is 0. The van der Waals surface area contributed by atoms with Crippen LogP contribution in [0.5, 0.6) is 0 Å². The van der Waals surface area contributed by atoms with Gasteiger partial charge in [0.15, 0.2) is 0 Å². The summed E-state index contributed by atoms with van der Waals surface area (Å²) in [5.74, 6) is 0. The van der Waals surface area contributed by atoms with E-state index in [0.717, 1.165) is 13.1 Å². The lowest BCUT2D eigenvalue weighted by Gasteiger charge is -2.33. The van der Waals surface area contributed by atoms with Crippen LogP contribution in [0.2, 0.25) is 0 Å². The molecule has 0 bridgehead atoms. The fraction of sp³-hybridized carbons (Fsp3) is 0.857. The Bertz CT molecular complexity index is 164. The first-order valence-corrected chi connectivity index (χ1v) is 4.03. The monoisotopic (exact) mass is 177 g/mol. The second kappa shape index (κ2) is 3.09. The van der Waals surface area contributed by atoms with Crippen LogP contribution in [-0.2, 0) is 4.79 Å². The van der Waals surface area contributed by atoms with Gasteiger partial charge in [0.05, 0.1) is 0 Å². The van der Waals surface area contributed by atoms with E-state index in [2.05, 4.69) is 4.90 Å². The topological polar surface area (TPSA) is 40.5 Å². The van der Waals surface area contributed by atoms with Crippen molar-refractivity contribution in [1.82, 2.24) is 4.90 Å². The summed E-state index contributed by atoms with van der Waals surface area (Å²) in [5, 5.41) is 8.94. The first-order chi connectivity index (χ1) is 5.04. The first-order valence-electron chi connectivity index (χ1n) is 3.65. The third-order valence-electron chi connectivity index (χ3n) is 2.18. The van der Waals surface area contributed by atoms with Crippen LogP contribution in [0, 0.1) is 0 Å². The number of hydrogen-bond acceptors (Lipinski definition) is 3. The summed E-state index contributed by atoms with van der Waals surface area (Å²) in [7, 11) is 1.96. The molecular formula is C7H12ClNO2. The van der Waals surface area contributed by atoms with Crippen molar-refractivity contribution in [2.24, 2.45) is 0 Å². The van der Waals surface area contributed by atoms with Gasteiger partial charge in [0.25, 0.3) is 5.24 Å². The molecule has 0 aromatic rings. The van der Waals surface area contributed by atoms with Crippen LogP contribution in [0.3, 0.4) is 0 Å². The zero-order valence-corrected chi connectivity index (χ0v) is 7.26. The second-order valence-corrected chi connectivity index (χ2v) is 3.45. The number of nitrogens with zero attached hydrogens (tertiary/aromatic N) is 1. The number of aliphatic hydroxyl groups is 1. The van der Waals surface area contributed by atoms with Crippen molar-refractivity contribution < 1.29 is 9.90 Å². The van der Waals surface area contributed by atoms with E-state index in [4.69, 9.17) is 11.6 Å². The number of carbonyl (C=O) groups excluding carboxylic acids is 1. The Morgan fingerprint density at radius 3 is 2.36 bits per heavy atom. The van der Waals surface area contributed by atoms with Crippen LogP contribution < -0.4 is 0 Å². The lowest BCUT2D eigenvalue weighted by molar-refractivity contribution is -0.133. The molecule has 3 nitrogen and oxygen atoms in total. The smallest absolute Gasteiger partial charge is 0.253 e. The van der Waals surface area contributed by atoms with Gasteiger partial charge < -0.3 is 10.0 Å². The van der Waals surface area contributed by atoms with Crippen molar-refractivity contribution >= 4 is 16.8 Å². The largest absolute Gasteiger partial charge is 0.381 e. The van der Waals surface area contributed by atoms with Gasteiger partial charge in [-0.25, -0.2) is 0 Å². The van der Waals surface area contributed by atoms with Crippen molar-refractivity contribution in [1.29, 1.82) is 0 Å². The first kappa shape index (κ1) is 8.97.